The largest absolute Gasteiger partial charge is 0.383 e. The van der Waals surface area contributed by atoms with E-state index in [0.717, 1.165) is 42.3 Å². The Hall–Kier alpha value is -3.19. The molecule has 2 N–H and O–H groups in total. The third kappa shape index (κ3) is 3.20. The Kier molecular flexibility index (Phi) is 4.98. The number of aromatic nitrogens is 2. The molecule has 7 heteroatoms. The predicted molar refractivity (Wildman–Crippen MR) is 118 cm³/mol. The summed E-state index contributed by atoms with van der Waals surface area (Å²) in [6, 6.07) is 15.2. The maximum absolute atomic E-state index is 13.8. The van der Waals surface area contributed by atoms with Crippen molar-refractivity contribution in [2.24, 2.45) is 0 Å². The number of hydrogen-bond donors (Lipinski definition) is 2. The number of benzene rings is 2. The molecule has 0 bridgehead atoms. The van der Waals surface area contributed by atoms with Crippen LogP contribution in [-0.4, -0.2) is 52.5 Å². The van der Waals surface area contributed by atoms with Crippen LogP contribution in [0.4, 0.5) is 5.95 Å². The van der Waals surface area contributed by atoms with Crippen LogP contribution in [0.5, 0.6) is 0 Å². The van der Waals surface area contributed by atoms with Crippen LogP contribution in [0.25, 0.3) is 11.0 Å². The normalized spacial score (nSPS) is 19.7. The summed E-state index contributed by atoms with van der Waals surface area (Å²) in [7, 11) is 1.63. The van der Waals surface area contributed by atoms with Gasteiger partial charge in [0.15, 0.2) is 0 Å². The fourth-order valence-electron chi connectivity index (χ4n) is 5.38. The van der Waals surface area contributed by atoms with Crippen LogP contribution in [0, 0.1) is 0 Å². The van der Waals surface area contributed by atoms with Crippen molar-refractivity contribution in [2.45, 2.75) is 37.1 Å². The van der Waals surface area contributed by atoms with Crippen molar-refractivity contribution < 1.29 is 14.3 Å². The van der Waals surface area contributed by atoms with Gasteiger partial charge in [0.25, 0.3) is 5.91 Å². The molecule has 1 aromatic heterocycles. The second-order valence-corrected chi connectivity index (χ2v) is 8.37. The molecule has 31 heavy (non-hydrogen) atoms. The number of amides is 2. The van der Waals surface area contributed by atoms with E-state index in [2.05, 4.69) is 15.3 Å². The lowest BCUT2D eigenvalue weighted by molar-refractivity contribution is -0.121. The predicted octanol–water partition coefficient (Wildman–Crippen LogP) is 3.70. The number of ether oxygens (including phenoxy) is 1. The van der Waals surface area contributed by atoms with Crippen LogP contribution in [-0.2, 0) is 9.53 Å². The first-order valence-electron chi connectivity index (χ1n) is 10.8. The van der Waals surface area contributed by atoms with Gasteiger partial charge in [-0.2, -0.15) is 0 Å². The summed E-state index contributed by atoms with van der Waals surface area (Å²) in [5.41, 5.74) is 2.53. The van der Waals surface area contributed by atoms with Crippen LogP contribution in [0.2, 0.25) is 0 Å². The molecule has 2 aliphatic rings. The smallest absolute Gasteiger partial charge is 0.254 e. The molecule has 7 nitrogen and oxygen atoms in total. The lowest BCUT2D eigenvalue weighted by Crippen LogP contribution is -2.60. The van der Waals surface area contributed by atoms with Crippen LogP contribution >= 0.6 is 0 Å². The van der Waals surface area contributed by atoms with Crippen LogP contribution < -0.4 is 5.32 Å². The molecular weight excluding hydrogens is 392 g/mol. The van der Waals surface area contributed by atoms with E-state index in [4.69, 9.17) is 4.74 Å². The Morgan fingerprint density at radius 1 is 1.19 bits per heavy atom. The third-order valence-corrected chi connectivity index (χ3v) is 6.70. The summed E-state index contributed by atoms with van der Waals surface area (Å²) in [6.07, 6.45) is 3.59. The lowest BCUT2D eigenvalue weighted by atomic mass is 9.71. The van der Waals surface area contributed by atoms with E-state index in [1.165, 1.54) is 0 Å². The fourth-order valence-corrected chi connectivity index (χ4v) is 5.38. The highest BCUT2D eigenvalue weighted by Crippen LogP contribution is 2.50. The van der Waals surface area contributed by atoms with Crippen molar-refractivity contribution in [3.63, 3.8) is 0 Å². The summed E-state index contributed by atoms with van der Waals surface area (Å²) >= 11 is 0. The average molecular weight is 418 g/mol. The van der Waals surface area contributed by atoms with E-state index in [-0.39, 0.29) is 11.8 Å². The van der Waals surface area contributed by atoms with Crippen molar-refractivity contribution in [1.29, 1.82) is 0 Å². The van der Waals surface area contributed by atoms with Crippen molar-refractivity contribution in [1.82, 2.24) is 14.9 Å². The Bertz CT molecular complexity index is 1100. The zero-order valence-corrected chi connectivity index (χ0v) is 17.6. The Morgan fingerprint density at radius 3 is 2.71 bits per heavy atom. The van der Waals surface area contributed by atoms with Gasteiger partial charge in [0.1, 0.15) is 0 Å². The van der Waals surface area contributed by atoms with E-state index in [0.29, 0.717) is 24.7 Å². The lowest BCUT2D eigenvalue weighted by Gasteiger charge is -2.50. The quantitative estimate of drug-likeness (QED) is 0.661. The number of imidazole rings is 1. The molecule has 0 radical (unpaired) electrons. The van der Waals surface area contributed by atoms with Gasteiger partial charge in [-0.25, -0.2) is 4.98 Å². The SMILES string of the molecule is COCCN1C(=O)c2ccccc2[C@@H](C(=O)Nc2nc3ccccc3[nH]2)C12CCCC2. The van der Waals surface area contributed by atoms with Gasteiger partial charge in [-0.3, -0.25) is 14.9 Å². The first-order valence-corrected chi connectivity index (χ1v) is 10.8. The highest BCUT2D eigenvalue weighted by atomic mass is 16.5. The Morgan fingerprint density at radius 2 is 1.94 bits per heavy atom. The zero-order valence-electron chi connectivity index (χ0n) is 17.6. The number of rotatable bonds is 5. The van der Waals surface area contributed by atoms with E-state index < -0.39 is 11.5 Å². The molecular formula is C24H26N4O3. The monoisotopic (exact) mass is 418 g/mol. The van der Waals surface area contributed by atoms with E-state index >= 15 is 0 Å². The van der Waals surface area contributed by atoms with E-state index in [9.17, 15) is 9.59 Å². The van der Waals surface area contributed by atoms with Crippen molar-refractivity contribution in [2.75, 3.05) is 25.6 Å². The number of para-hydroxylation sites is 2. The summed E-state index contributed by atoms with van der Waals surface area (Å²) in [5, 5.41) is 3.01. The first kappa shape index (κ1) is 19.8. The summed E-state index contributed by atoms with van der Waals surface area (Å²) in [4.78, 5) is 36.8. The molecule has 1 aliphatic heterocycles. The number of fused-ring (bicyclic) bond motifs is 2. The van der Waals surface area contributed by atoms with E-state index in [1.54, 1.807) is 7.11 Å². The summed E-state index contributed by atoms with van der Waals surface area (Å²) in [5.74, 6) is -0.184. The van der Waals surface area contributed by atoms with Gasteiger partial charge in [-0.05, 0) is 36.6 Å². The number of methoxy groups -OCH3 is 1. The van der Waals surface area contributed by atoms with E-state index in [1.807, 2.05) is 53.4 Å². The van der Waals surface area contributed by atoms with Gasteiger partial charge in [0, 0.05) is 19.2 Å². The molecule has 1 fully saturated rings. The highest BCUT2D eigenvalue weighted by molar-refractivity contribution is 6.05. The first-order chi connectivity index (χ1) is 15.1. The molecule has 1 saturated carbocycles. The standard InChI is InChI=1S/C24H26N4O3/c1-31-15-14-28-22(30)17-9-3-2-8-16(17)20(24(28)12-6-7-13-24)21(29)27-23-25-18-10-4-5-11-19(18)26-23/h2-5,8-11,20H,6-7,12-15H2,1H3,(H2,25,26,27,29)/t20-/m0/s1. The van der Waals surface area contributed by atoms with Crippen LogP contribution in [0.1, 0.15) is 47.5 Å². The van der Waals surface area contributed by atoms with Crippen molar-refractivity contribution >= 4 is 28.8 Å². The molecule has 1 spiro atoms. The number of aromatic amines is 1. The molecule has 2 heterocycles. The van der Waals surface area contributed by atoms with Gasteiger partial charge in [0.2, 0.25) is 11.9 Å². The Balaban J connectivity index is 1.57. The van der Waals surface area contributed by atoms with Gasteiger partial charge in [-0.15, -0.1) is 0 Å². The van der Waals surface area contributed by atoms with Gasteiger partial charge in [0.05, 0.1) is 29.1 Å². The van der Waals surface area contributed by atoms with Crippen LogP contribution in [0.15, 0.2) is 48.5 Å². The van der Waals surface area contributed by atoms with Gasteiger partial charge in [-0.1, -0.05) is 43.2 Å². The molecule has 2 aromatic carbocycles. The minimum atomic E-state index is -0.542. The van der Waals surface area contributed by atoms with Gasteiger partial charge < -0.3 is 14.6 Å². The summed E-state index contributed by atoms with van der Waals surface area (Å²) in [6.45, 7) is 0.908. The molecule has 0 saturated heterocycles. The number of anilines is 1. The number of nitrogens with one attached hydrogen (secondary N) is 2. The van der Waals surface area contributed by atoms with Gasteiger partial charge >= 0.3 is 0 Å². The number of nitrogens with zero attached hydrogens (tertiary/aromatic N) is 2. The average Bonchev–Trinajstić information content (AvgIpc) is 3.41. The second kappa shape index (κ2) is 7.81. The molecule has 0 unspecified atom stereocenters. The second-order valence-electron chi connectivity index (χ2n) is 8.37. The molecule has 2 amide bonds. The molecule has 5 rings (SSSR count). The third-order valence-electron chi connectivity index (χ3n) is 6.70. The Labute approximate surface area is 180 Å². The number of H-pyrrole nitrogens is 1. The topological polar surface area (TPSA) is 87.3 Å². The minimum absolute atomic E-state index is 0.0117. The molecule has 1 atom stereocenters. The minimum Gasteiger partial charge on any atom is -0.383 e. The maximum Gasteiger partial charge on any atom is 0.254 e. The number of carbonyl (C=O) groups is 2. The van der Waals surface area contributed by atoms with Crippen LogP contribution in [0.3, 0.4) is 0 Å². The zero-order chi connectivity index (χ0) is 21.4. The fraction of sp³-hybridized carbons (Fsp3) is 0.375. The number of hydrogen-bond acceptors (Lipinski definition) is 4. The number of carbonyl (C=O) groups excluding carboxylic acids is 2. The highest BCUT2D eigenvalue weighted by Gasteiger charge is 2.55. The summed E-state index contributed by atoms with van der Waals surface area (Å²) < 4.78 is 5.30. The molecule has 1 aliphatic carbocycles. The molecule has 160 valence electrons. The van der Waals surface area contributed by atoms with Crippen molar-refractivity contribution in [3.8, 4) is 0 Å². The maximum atomic E-state index is 13.8. The van der Waals surface area contributed by atoms with Crippen molar-refractivity contribution in [3.05, 3.63) is 59.7 Å². The molecule has 3 aromatic rings.